The van der Waals surface area contributed by atoms with Crippen molar-refractivity contribution in [3.05, 3.63) is 35.5 Å². The summed E-state index contributed by atoms with van der Waals surface area (Å²) in [5.74, 6) is -1.32. The summed E-state index contributed by atoms with van der Waals surface area (Å²) < 4.78 is 33.9. The van der Waals surface area contributed by atoms with E-state index >= 15 is 0 Å². The van der Waals surface area contributed by atoms with E-state index in [9.17, 15) is 8.78 Å². The van der Waals surface area contributed by atoms with E-state index < -0.39 is 11.6 Å². The van der Waals surface area contributed by atoms with Crippen LogP contribution < -0.4 is 10.5 Å². The molecule has 0 amide bonds. The number of benzene rings is 1. The molecular formula is C13H15F2N3O. The van der Waals surface area contributed by atoms with Crippen molar-refractivity contribution in [1.29, 1.82) is 0 Å². The van der Waals surface area contributed by atoms with Crippen molar-refractivity contribution < 1.29 is 13.5 Å². The van der Waals surface area contributed by atoms with E-state index in [1.54, 1.807) is 17.8 Å². The van der Waals surface area contributed by atoms with Gasteiger partial charge in [-0.2, -0.15) is 5.10 Å². The predicted molar refractivity (Wildman–Crippen MR) is 67.9 cm³/mol. The van der Waals surface area contributed by atoms with E-state index in [-0.39, 0.29) is 11.3 Å². The average molecular weight is 267 g/mol. The summed E-state index contributed by atoms with van der Waals surface area (Å²) in [5, 5.41) is 4.17. The van der Waals surface area contributed by atoms with Crippen LogP contribution in [0.1, 0.15) is 5.69 Å². The molecule has 0 atom stereocenters. The van der Waals surface area contributed by atoms with E-state index in [1.807, 2.05) is 0 Å². The Morgan fingerprint density at radius 1 is 1.26 bits per heavy atom. The van der Waals surface area contributed by atoms with Gasteiger partial charge in [0.15, 0.2) is 11.6 Å². The summed E-state index contributed by atoms with van der Waals surface area (Å²) in [4.78, 5) is 0. The van der Waals surface area contributed by atoms with Crippen LogP contribution in [0.5, 0.6) is 5.75 Å². The molecule has 2 rings (SSSR count). The Bertz CT molecular complexity index is 596. The van der Waals surface area contributed by atoms with Crippen LogP contribution in [0.4, 0.5) is 8.78 Å². The number of ether oxygens (including phenoxy) is 1. The molecule has 1 heterocycles. The molecule has 1 aromatic carbocycles. The molecule has 0 unspecified atom stereocenters. The molecule has 6 heteroatoms. The monoisotopic (exact) mass is 267 g/mol. The van der Waals surface area contributed by atoms with Gasteiger partial charge in [-0.3, -0.25) is 4.68 Å². The van der Waals surface area contributed by atoms with Gasteiger partial charge in [0, 0.05) is 30.8 Å². The van der Waals surface area contributed by atoms with Gasteiger partial charge in [0.2, 0.25) is 0 Å². The molecule has 2 N–H and O–H groups in total. The first kappa shape index (κ1) is 13.5. The number of hydrogen-bond acceptors (Lipinski definition) is 3. The number of nitrogens with two attached hydrogens (primary N) is 1. The van der Waals surface area contributed by atoms with Gasteiger partial charge in [-0.1, -0.05) is 0 Å². The minimum Gasteiger partial charge on any atom is -0.494 e. The lowest BCUT2D eigenvalue weighted by molar-refractivity contribution is 0.383. The second-order valence-corrected chi connectivity index (χ2v) is 4.15. The second-order valence-electron chi connectivity index (χ2n) is 4.15. The van der Waals surface area contributed by atoms with E-state index in [1.165, 1.54) is 7.11 Å². The van der Waals surface area contributed by atoms with Crippen LogP contribution in [0.2, 0.25) is 0 Å². The summed E-state index contributed by atoms with van der Waals surface area (Å²) in [7, 11) is 3.03. The van der Waals surface area contributed by atoms with Crippen LogP contribution in [0.3, 0.4) is 0 Å². The molecule has 0 aliphatic heterocycles. The third-order valence-electron chi connectivity index (χ3n) is 2.89. The Morgan fingerprint density at radius 3 is 2.63 bits per heavy atom. The fourth-order valence-electron chi connectivity index (χ4n) is 1.90. The lowest BCUT2D eigenvalue weighted by Crippen LogP contribution is -2.06. The molecule has 102 valence electrons. The van der Waals surface area contributed by atoms with Crippen molar-refractivity contribution in [2.75, 3.05) is 13.7 Å². The zero-order valence-corrected chi connectivity index (χ0v) is 10.8. The van der Waals surface area contributed by atoms with Crippen molar-refractivity contribution in [1.82, 2.24) is 9.78 Å². The summed E-state index contributed by atoms with van der Waals surface area (Å²) in [6.07, 6.45) is 0.629. The van der Waals surface area contributed by atoms with E-state index in [0.717, 1.165) is 17.8 Å². The van der Waals surface area contributed by atoms with Gasteiger partial charge in [-0.25, -0.2) is 8.78 Å². The maximum atomic E-state index is 13.9. The SMILES string of the molecule is COc1cc(F)c(-c2cc(CCN)n(C)n2)cc1F. The number of halogens is 2. The fourth-order valence-corrected chi connectivity index (χ4v) is 1.90. The predicted octanol–water partition coefficient (Wildman–Crippen LogP) is 1.88. The molecule has 0 aliphatic rings. The topological polar surface area (TPSA) is 53.1 Å². The van der Waals surface area contributed by atoms with Crippen LogP contribution in [-0.2, 0) is 13.5 Å². The smallest absolute Gasteiger partial charge is 0.165 e. The van der Waals surface area contributed by atoms with Crippen molar-refractivity contribution in [2.45, 2.75) is 6.42 Å². The molecule has 0 bridgehead atoms. The first-order valence-corrected chi connectivity index (χ1v) is 5.83. The molecular weight excluding hydrogens is 252 g/mol. The lowest BCUT2D eigenvalue weighted by Gasteiger charge is -2.05. The molecule has 2 aromatic rings. The Hall–Kier alpha value is -1.95. The Labute approximate surface area is 109 Å². The number of nitrogens with zero attached hydrogens (tertiary/aromatic N) is 2. The zero-order valence-electron chi connectivity index (χ0n) is 10.8. The van der Waals surface area contributed by atoms with Crippen LogP contribution >= 0.6 is 0 Å². The Balaban J connectivity index is 2.47. The van der Waals surface area contributed by atoms with Crippen LogP contribution in [0, 0.1) is 11.6 Å². The highest BCUT2D eigenvalue weighted by molar-refractivity contribution is 5.61. The molecule has 4 nitrogen and oxygen atoms in total. The number of aromatic nitrogens is 2. The average Bonchev–Trinajstić information content (AvgIpc) is 2.73. The maximum Gasteiger partial charge on any atom is 0.165 e. The van der Waals surface area contributed by atoms with Crippen LogP contribution in [0.15, 0.2) is 18.2 Å². The van der Waals surface area contributed by atoms with Gasteiger partial charge in [-0.05, 0) is 18.7 Å². The molecule has 0 spiro atoms. The third kappa shape index (κ3) is 2.58. The summed E-state index contributed by atoms with van der Waals surface area (Å²) in [6, 6.07) is 3.81. The fraction of sp³-hybridized carbons (Fsp3) is 0.308. The quantitative estimate of drug-likeness (QED) is 0.920. The van der Waals surface area contributed by atoms with Crippen LogP contribution in [0.25, 0.3) is 11.3 Å². The van der Waals surface area contributed by atoms with Gasteiger partial charge in [0.1, 0.15) is 5.82 Å². The maximum absolute atomic E-state index is 13.9. The molecule has 19 heavy (non-hydrogen) atoms. The molecule has 0 radical (unpaired) electrons. The zero-order chi connectivity index (χ0) is 14.0. The highest BCUT2D eigenvalue weighted by Crippen LogP contribution is 2.28. The normalized spacial score (nSPS) is 10.8. The number of hydrogen-bond donors (Lipinski definition) is 1. The van der Waals surface area contributed by atoms with Crippen LogP contribution in [-0.4, -0.2) is 23.4 Å². The molecule has 1 aromatic heterocycles. The van der Waals surface area contributed by atoms with Crippen molar-refractivity contribution in [2.24, 2.45) is 12.8 Å². The Kier molecular flexibility index (Phi) is 3.80. The van der Waals surface area contributed by atoms with E-state index in [0.29, 0.717) is 18.7 Å². The standard InChI is InChI=1S/C13H15F2N3O/c1-18-8(3-4-16)5-12(17-18)9-6-11(15)13(19-2)7-10(9)14/h5-7H,3-4,16H2,1-2H3. The summed E-state index contributed by atoms with van der Waals surface area (Å²) in [6.45, 7) is 0.471. The van der Waals surface area contributed by atoms with Gasteiger partial charge in [-0.15, -0.1) is 0 Å². The number of rotatable bonds is 4. The third-order valence-corrected chi connectivity index (χ3v) is 2.89. The van der Waals surface area contributed by atoms with E-state index in [2.05, 4.69) is 5.10 Å². The Morgan fingerprint density at radius 2 is 2.00 bits per heavy atom. The highest BCUT2D eigenvalue weighted by Gasteiger charge is 2.15. The largest absolute Gasteiger partial charge is 0.494 e. The number of aryl methyl sites for hydroxylation is 1. The minimum absolute atomic E-state index is 0.108. The van der Waals surface area contributed by atoms with Gasteiger partial charge < -0.3 is 10.5 Å². The van der Waals surface area contributed by atoms with E-state index in [4.69, 9.17) is 10.5 Å². The first-order chi connectivity index (χ1) is 9.06. The summed E-state index contributed by atoms with van der Waals surface area (Å²) in [5.41, 5.74) is 6.83. The van der Waals surface area contributed by atoms with Gasteiger partial charge in [0.05, 0.1) is 12.8 Å². The molecule has 0 fully saturated rings. The molecule has 0 aliphatic carbocycles. The van der Waals surface area contributed by atoms with Gasteiger partial charge >= 0.3 is 0 Å². The lowest BCUT2D eigenvalue weighted by atomic mass is 10.1. The van der Waals surface area contributed by atoms with Gasteiger partial charge in [0.25, 0.3) is 0 Å². The molecule has 0 saturated carbocycles. The number of methoxy groups -OCH3 is 1. The highest BCUT2D eigenvalue weighted by atomic mass is 19.1. The van der Waals surface area contributed by atoms with Crippen molar-refractivity contribution in [3.63, 3.8) is 0 Å². The first-order valence-electron chi connectivity index (χ1n) is 5.83. The molecule has 0 saturated heterocycles. The second kappa shape index (κ2) is 5.36. The van der Waals surface area contributed by atoms with Crippen molar-refractivity contribution >= 4 is 0 Å². The van der Waals surface area contributed by atoms with Crippen molar-refractivity contribution in [3.8, 4) is 17.0 Å². The summed E-state index contributed by atoms with van der Waals surface area (Å²) >= 11 is 0. The minimum atomic E-state index is -0.620.